The molecule has 140 valence electrons. The Labute approximate surface area is 148 Å². The summed E-state index contributed by atoms with van der Waals surface area (Å²) in [6, 6.07) is 4.14. The number of likely N-dealkylation sites (N-methyl/N-ethyl adjacent to an activating group) is 1. The minimum absolute atomic E-state index is 0.0145. The van der Waals surface area contributed by atoms with Crippen molar-refractivity contribution in [2.45, 2.75) is 0 Å². The number of hydrogen-bond donors (Lipinski definition) is 1. The van der Waals surface area contributed by atoms with Crippen LogP contribution >= 0.6 is 0 Å². The lowest BCUT2D eigenvalue weighted by Gasteiger charge is -2.18. The van der Waals surface area contributed by atoms with E-state index in [2.05, 4.69) is 24.5 Å². The predicted molar refractivity (Wildman–Crippen MR) is 89.0 cm³/mol. The zero-order valence-corrected chi connectivity index (χ0v) is 14.6. The molecule has 0 aliphatic heterocycles. The van der Waals surface area contributed by atoms with Crippen LogP contribution < -0.4 is 4.90 Å². The lowest BCUT2D eigenvalue weighted by molar-refractivity contribution is -0.384. The van der Waals surface area contributed by atoms with Gasteiger partial charge >= 0.3 is 10.4 Å². The predicted octanol–water partition coefficient (Wildman–Crippen LogP) is 1.39. The summed E-state index contributed by atoms with van der Waals surface area (Å²) in [7, 11) is -1.40. The highest BCUT2D eigenvalue weighted by Gasteiger charge is 2.18. The van der Waals surface area contributed by atoms with Gasteiger partial charge in [0.1, 0.15) is 12.0 Å². The van der Waals surface area contributed by atoms with E-state index < -0.39 is 15.3 Å². The number of rotatable bonds is 8. The first-order valence-corrected chi connectivity index (χ1v) is 8.41. The number of nitro groups is 1. The SMILES string of the molecule is CN(CCOS(=O)(=O)O)c1ccc(N=Nc2ncn(C)n2)cc1[N+](=O)[O-]. The zero-order chi connectivity index (χ0) is 19.3. The van der Waals surface area contributed by atoms with Crippen molar-refractivity contribution in [3.05, 3.63) is 34.6 Å². The highest BCUT2D eigenvalue weighted by atomic mass is 32.3. The number of nitro benzene ring substituents is 1. The fourth-order valence-electron chi connectivity index (χ4n) is 1.92. The van der Waals surface area contributed by atoms with Gasteiger partial charge in [0.25, 0.3) is 11.6 Å². The molecule has 0 saturated heterocycles. The molecule has 0 fully saturated rings. The van der Waals surface area contributed by atoms with Crippen LogP contribution in [0.25, 0.3) is 0 Å². The first-order chi connectivity index (χ1) is 12.2. The van der Waals surface area contributed by atoms with Gasteiger partial charge in [-0.25, -0.2) is 4.18 Å². The minimum Gasteiger partial charge on any atom is -0.367 e. The minimum atomic E-state index is -4.57. The molecule has 0 atom stereocenters. The second-order valence-corrected chi connectivity index (χ2v) is 6.11. The first-order valence-electron chi connectivity index (χ1n) is 7.04. The molecule has 0 spiro atoms. The normalized spacial score (nSPS) is 11.8. The number of anilines is 1. The Morgan fingerprint density at radius 3 is 2.73 bits per heavy atom. The summed E-state index contributed by atoms with van der Waals surface area (Å²) < 4.78 is 35.2. The molecule has 1 heterocycles. The van der Waals surface area contributed by atoms with Crippen LogP contribution in [0.2, 0.25) is 0 Å². The van der Waals surface area contributed by atoms with E-state index >= 15 is 0 Å². The molecule has 0 radical (unpaired) electrons. The third-order valence-corrected chi connectivity index (χ3v) is 3.53. The number of aromatic nitrogens is 3. The maximum atomic E-state index is 11.3. The van der Waals surface area contributed by atoms with Gasteiger partial charge in [-0.1, -0.05) is 0 Å². The summed E-state index contributed by atoms with van der Waals surface area (Å²) in [5, 5.41) is 22.8. The van der Waals surface area contributed by atoms with Gasteiger partial charge in [-0.05, 0) is 12.1 Å². The zero-order valence-electron chi connectivity index (χ0n) is 13.8. The van der Waals surface area contributed by atoms with Crippen LogP contribution in [0.5, 0.6) is 0 Å². The molecule has 0 aliphatic rings. The van der Waals surface area contributed by atoms with E-state index in [4.69, 9.17) is 4.55 Å². The highest BCUT2D eigenvalue weighted by Crippen LogP contribution is 2.32. The molecule has 13 nitrogen and oxygen atoms in total. The Bertz CT molecular complexity index is 926. The largest absolute Gasteiger partial charge is 0.397 e. The van der Waals surface area contributed by atoms with Gasteiger partial charge in [-0.15, -0.1) is 15.3 Å². The smallest absolute Gasteiger partial charge is 0.367 e. The van der Waals surface area contributed by atoms with E-state index in [0.717, 1.165) is 0 Å². The highest BCUT2D eigenvalue weighted by molar-refractivity contribution is 7.80. The van der Waals surface area contributed by atoms with Crippen molar-refractivity contribution >= 4 is 33.4 Å². The number of benzene rings is 1. The van der Waals surface area contributed by atoms with Crippen molar-refractivity contribution in [1.29, 1.82) is 0 Å². The molecule has 2 rings (SSSR count). The van der Waals surface area contributed by atoms with Crippen LogP contribution in [0.4, 0.5) is 23.0 Å². The Morgan fingerprint density at radius 1 is 1.42 bits per heavy atom. The number of hydrogen-bond acceptors (Lipinski definition) is 10. The quantitative estimate of drug-likeness (QED) is 0.306. The maximum Gasteiger partial charge on any atom is 0.397 e. The van der Waals surface area contributed by atoms with Crippen LogP contribution in [0.3, 0.4) is 0 Å². The maximum absolute atomic E-state index is 11.3. The Morgan fingerprint density at radius 2 is 2.15 bits per heavy atom. The third-order valence-electron chi connectivity index (χ3n) is 3.07. The topological polar surface area (TPSA) is 165 Å². The van der Waals surface area contributed by atoms with Gasteiger partial charge in [0.05, 0.1) is 17.2 Å². The fourth-order valence-corrected chi connectivity index (χ4v) is 2.20. The van der Waals surface area contributed by atoms with E-state index in [1.54, 1.807) is 7.05 Å². The summed E-state index contributed by atoms with van der Waals surface area (Å²) in [5.41, 5.74) is 0.170. The van der Waals surface area contributed by atoms with Crippen LogP contribution in [-0.4, -0.2) is 52.9 Å². The molecule has 0 bridgehead atoms. The standard InChI is InChI=1S/C12H15N7O6S/c1-17(5-6-25-26(22,23)24)10-4-3-9(7-11(10)19(20)21)14-15-12-13-8-18(2)16-12/h3-4,7-8H,5-6H2,1-2H3,(H,22,23,24). The van der Waals surface area contributed by atoms with Gasteiger partial charge in [0.2, 0.25) is 0 Å². The summed E-state index contributed by atoms with van der Waals surface area (Å²) in [4.78, 5) is 16.0. The monoisotopic (exact) mass is 385 g/mol. The van der Waals surface area contributed by atoms with Crippen molar-refractivity contribution in [1.82, 2.24) is 14.8 Å². The summed E-state index contributed by atoms with van der Waals surface area (Å²) in [6.07, 6.45) is 1.43. The lowest BCUT2D eigenvalue weighted by Crippen LogP contribution is -2.24. The molecule has 2 aromatic rings. The van der Waals surface area contributed by atoms with Crippen LogP contribution in [0.1, 0.15) is 0 Å². The molecule has 0 aliphatic carbocycles. The summed E-state index contributed by atoms with van der Waals surface area (Å²) in [5.74, 6) is 0.110. The number of aryl methyl sites for hydroxylation is 1. The van der Waals surface area contributed by atoms with Crippen LogP contribution in [-0.2, 0) is 21.6 Å². The van der Waals surface area contributed by atoms with Crippen LogP contribution in [0, 0.1) is 10.1 Å². The molecule has 0 amide bonds. The molecule has 0 saturated carbocycles. The van der Waals surface area contributed by atoms with Gasteiger partial charge in [-0.2, -0.15) is 13.4 Å². The van der Waals surface area contributed by atoms with Crippen molar-refractivity contribution in [3.8, 4) is 0 Å². The Hall–Kier alpha value is -2.97. The molecule has 1 aromatic heterocycles. The van der Waals surface area contributed by atoms with Gasteiger partial charge in [0, 0.05) is 26.7 Å². The number of azo groups is 1. The summed E-state index contributed by atoms with van der Waals surface area (Å²) >= 11 is 0. The van der Waals surface area contributed by atoms with Crippen LogP contribution in [0.15, 0.2) is 34.8 Å². The molecule has 26 heavy (non-hydrogen) atoms. The molecular formula is C12H15N7O6S. The van der Waals surface area contributed by atoms with E-state index in [9.17, 15) is 18.5 Å². The van der Waals surface area contributed by atoms with Gasteiger partial charge in [-0.3, -0.25) is 19.3 Å². The van der Waals surface area contributed by atoms with E-state index in [1.807, 2.05) is 0 Å². The average molecular weight is 385 g/mol. The number of nitrogens with zero attached hydrogens (tertiary/aromatic N) is 7. The lowest BCUT2D eigenvalue weighted by atomic mass is 10.2. The Balaban J connectivity index is 2.17. The van der Waals surface area contributed by atoms with Crippen molar-refractivity contribution < 1.29 is 22.1 Å². The van der Waals surface area contributed by atoms with Crippen molar-refractivity contribution in [3.63, 3.8) is 0 Å². The van der Waals surface area contributed by atoms with E-state index in [-0.39, 0.29) is 36.2 Å². The van der Waals surface area contributed by atoms with Crippen molar-refractivity contribution in [2.75, 3.05) is 25.1 Å². The molecule has 1 aromatic carbocycles. The second kappa shape index (κ2) is 7.94. The third kappa shape index (κ3) is 5.54. The molecule has 14 heteroatoms. The average Bonchev–Trinajstić information content (AvgIpc) is 2.96. The second-order valence-electron chi connectivity index (χ2n) is 5.02. The summed E-state index contributed by atoms with van der Waals surface area (Å²) in [6.45, 7) is -0.390. The molecule has 1 N–H and O–H groups in total. The first kappa shape index (κ1) is 19.4. The van der Waals surface area contributed by atoms with Gasteiger partial charge < -0.3 is 4.90 Å². The van der Waals surface area contributed by atoms with E-state index in [1.165, 1.54) is 41.2 Å². The molecule has 0 unspecified atom stereocenters. The fraction of sp³-hybridized carbons (Fsp3) is 0.333. The molecular weight excluding hydrogens is 370 g/mol. The van der Waals surface area contributed by atoms with Gasteiger partial charge in [0.15, 0.2) is 0 Å². The Kier molecular flexibility index (Phi) is 5.91. The van der Waals surface area contributed by atoms with E-state index in [0.29, 0.717) is 0 Å². The van der Waals surface area contributed by atoms with Crippen molar-refractivity contribution in [2.24, 2.45) is 17.3 Å².